The highest BCUT2D eigenvalue weighted by Gasteiger charge is 2.19. The van der Waals surface area contributed by atoms with Crippen molar-refractivity contribution in [2.75, 3.05) is 0 Å². The Morgan fingerprint density at radius 1 is 1.75 bits per heavy atom. The number of carboxylic acid groups (broad SMARTS) is 1. The Bertz CT molecular complexity index is 203. The second-order valence-electron chi connectivity index (χ2n) is 2.70. The predicted octanol–water partition coefficient (Wildman–Crippen LogP) is 0.0333. The van der Waals surface area contributed by atoms with Gasteiger partial charge in [-0.1, -0.05) is 0 Å². The molecule has 0 amide bonds. The van der Waals surface area contributed by atoms with Gasteiger partial charge >= 0.3 is 5.97 Å². The van der Waals surface area contributed by atoms with Gasteiger partial charge in [-0.25, -0.2) is 4.79 Å². The molecule has 1 rings (SSSR count). The van der Waals surface area contributed by atoms with Gasteiger partial charge < -0.3 is 10.4 Å². The summed E-state index contributed by atoms with van der Waals surface area (Å²) < 4.78 is 0. The molecule has 4 N–H and O–H groups in total. The standard InChI is InChI=1S/C7H12N2O3/c10-7(11)5-3-1-2-4-6(8-5)9-12/h4-5,8-9,12H,1-3H2,(H,10,11). The zero-order chi connectivity index (χ0) is 8.97. The number of aliphatic carboxylic acids is 1. The summed E-state index contributed by atoms with van der Waals surface area (Å²) in [4.78, 5) is 10.6. The second-order valence-corrected chi connectivity index (χ2v) is 2.70. The maximum Gasteiger partial charge on any atom is 0.326 e. The summed E-state index contributed by atoms with van der Waals surface area (Å²) in [7, 11) is 0. The molecule has 0 aromatic rings. The summed E-state index contributed by atoms with van der Waals surface area (Å²) in [6.07, 6.45) is 3.91. The molecule has 1 atom stereocenters. The van der Waals surface area contributed by atoms with Crippen molar-refractivity contribution in [2.24, 2.45) is 0 Å². The fourth-order valence-corrected chi connectivity index (χ4v) is 1.15. The largest absolute Gasteiger partial charge is 0.480 e. The second kappa shape index (κ2) is 3.96. The van der Waals surface area contributed by atoms with E-state index in [1.54, 1.807) is 6.08 Å². The molecule has 0 saturated carbocycles. The van der Waals surface area contributed by atoms with Crippen LogP contribution in [0.15, 0.2) is 11.9 Å². The van der Waals surface area contributed by atoms with Crippen LogP contribution >= 0.6 is 0 Å². The normalized spacial score (nSPS) is 23.4. The van der Waals surface area contributed by atoms with Crippen molar-refractivity contribution in [3.05, 3.63) is 11.9 Å². The van der Waals surface area contributed by atoms with Crippen LogP contribution in [-0.2, 0) is 4.79 Å². The van der Waals surface area contributed by atoms with Gasteiger partial charge in [-0.2, -0.15) is 0 Å². The first-order chi connectivity index (χ1) is 5.74. The molecule has 0 spiro atoms. The number of rotatable bonds is 2. The van der Waals surface area contributed by atoms with Crippen molar-refractivity contribution >= 4 is 5.97 Å². The molecule has 0 aliphatic carbocycles. The summed E-state index contributed by atoms with van der Waals surface area (Å²) in [5.74, 6) is -0.516. The van der Waals surface area contributed by atoms with Gasteiger partial charge in [0.25, 0.3) is 0 Å². The molecule has 68 valence electrons. The zero-order valence-electron chi connectivity index (χ0n) is 6.58. The van der Waals surface area contributed by atoms with Crippen LogP contribution < -0.4 is 10.8 Å². The van der Waals surface area contributed by atoms with E-state index in [-0.39, 0.29) is 0 Å². The molecule has 1 aliphatic rings. The van der Waals surface area contributed by atoms with Crippen molar-refractivity contribution < 1.29 is 15.1 Å². The maximum absolute atomic E-state index is 10.6. The Morgan fingerprint density at radius 2 is 2.50 bits per heavy atom. The first kappa shape index (κ1) is 8.86. The Labute approximate surface area is 70.0 Å². The summed E-state index contributed by atoms with van der Waals surface area (Å²) in [5.41, 5.74) is 1.92. The highest BCUT2D eigenvalue weighted by molar-refractivity contribution is 5.73. The average molecular weight is 172 g/mol. The van der Waals surface area contributed by atoms with Crippen LogP contribution in [0.25, 0.3) is 0 Å². The topological polar surface area (TPSA) is 81.6 Å². The van der Waals surface area contributed by atoms with E-state index in [2.05, 4.69) is 5.32 Å². The molecule has 5 nitrogen and oxygen atoms in total. The number of carbonyl (C=O) groups is 1. The fraction of sp³-hybridized carbons (Fsp3) is 0.571. The SMILES string of the molecule is O=C(O)C1CCCC=C(NO)N1. The van der Waals surface area contributed by atoms with Gasteiger partial charge in [-0.15, -0.1) is 0 Å². The summed E-state index contributed by atoms with van der Waals surface area (Å²) in [6.45, 7) is 0. The van der Waals surface area contributed by atoms with E-state index in [1.165, 1.54) is 0 Å². The molecule has 0 saturated heterocycles. The van der Waals surface area contributed by atoms with E-state index in [1.807, 2.05) is 5.48 Å². The third kappa shape index (κ3) is 2.13. The fourth-order valence-electron chi connectivity index (χ4n) is 1.15. The smallest absolute Gasteiger partial charge is 0.326 e. The van der Waals surface area contributed by atoms with Gasteiger partial charge in [0.15, 0.2) is 0 Å². The Balaban J connectivity index is 2.58. The van der Waals surface area contributed by atoms with Crippen molar-refractivity contribution in [3.8, 4) is 0 Å². The lowest BCUT2D eigenvalue weighted by Crippen LogP contribution is -2.38. The molecule has 1 heterocycles. The van der Waals surface area contributed by atoms with Crippen molar-refractivity contribution in [1.29, 1.82) is 0 Å². The number of nitrogens with one attached hydrogen (secondary N) is 2. The van der Waals surface area contributed by atoms with Crippen LogP contribution in [-0.4, -0.2) is 22.3 Å². The molecule has 12 heavy (non-hydrogen) atoms. The molecule has 5 heteroatoms. The number of hydrogen-bond donors (Lipinski definition) is 4. The molecular weight excluding hydrogens is 160 g/mol. The lowest BCUT2D eigenvalue weighted by molar-refractivity contribution is -0.139. The molecule has 0 fully saturated rings. The van der Waals surface area contributed by atoms with Crippen molar-refractivity contribution in [1.82, 2.24) is 10.8 Å². The molecule has 0 bridgehead atoms. The monoisotopic (exact) mass is 172 g/mol. The third-order valence-corrected chi connectivity index (χ3v) is 1.79. The number of hydrogen-bond acceptors (Lipinski definition) is 4. The summed E-state index contributed by atoms with van der Waals surface area (Å²) in [5, 5.41) is 19.9. The van der Waals surface area contributed by atoms with Crippen molar-refractivity contribution in [3.63, 3.8) is 0 Å². The number of hydroxylamine groups is 1. The van der Waals surface area contributed by atoms with E-state index < -0.39 is 12.0 Å². The minimum Gasteiger partial charge on any atom is -0.480 e. The van der Waals surface area contributed by atoms with E-state index in [0.717, 1.165) is 12.8 Å². The third-order valence-electron chi connectivity index (χ3n) is 1.79. The van der Waals surface area contributed by atoms with Gasteiger partial charge in [-0.05, 0) is 25.3 Å². The summed E-state index contributed by atoms with van der Waals surface area (Å²) in [6, 6.07) is -0.599. The lowest BCUT2D eigenvalue weighted by atomic mass is 10.1. The minimum absolute atomic E-state index is 0.375. The Morgan fingerprint density at radius 3 is 3.08 bits per heavy atom. The maximum atomic E-state index is 10.6. The number of allylic oxidation sites excluding steroid dienone is 1. The van der Waals surface area contributed by atoms with Gasteiger partial charge in [0.05, 0.1) is 0 Å². The predicted molar refractivity (Wildman–Crippen MR) is 41.4 cm³/mol. The Hall–Kier alpha value is -1.23. The van der Waals surface area contributed by atoms with E-state index in [9.17, 15) is 4.79 Å². The highest BCUT2D eigenvalue weighted by Crippen LogP contribution is 2.08. The molecular formula is C7H12N2O3. The van der Waals surface area contributed by atoms with E-state index in [4.69, 9.17) is 10.3 Å². The number of carboxylic acids is 1. The summed E-state index contributed by atoms with van der Waals surface area (Å²) >= 11 is 0. The molecule has 0 aromatic carbocycles. The van der Waals surface area contributed by atoms with Crippen LogP contribution in [0.1, 0.15) is 19.3 Å². The van der Waals surface area contributed by atoms with Gasteiger partial charge in [0.1, 0.15) is 11.9 Å². The van der Waals surface area contributed by atoms with Crippen LogP contribution in [0.3, 0.4) is 0 Å². The molecule has 1 aliphatic heterocycles. The lowest BCUT2D eigenvalue weighted by Gasteiger charge is -2.13. The van der Waals surface area contributed by atoms with Gasteiger partial charge in [0.2, 0.25) is 0 Å². The molecule has 0 aromatic heterocycles. The van der Waals surface area contributed by atoms with Crippen LogP contribution in [0, 0.1) is 0 Å². The van der Waals surface area contributed by atoms with E-state index >= 15 is 0 Å². The zero-order valence-corrected chi connectivity index (χ0v) is 6.58. The average Bonchev–Trinajstić information content (AvgIpc) is 2.28. The minimum atomic E-state index is -0.891. The van der Waals surface area contributed by atoms with Crippen molar-refractivity contribution in [2.45, 2.75) is 25.3 Å². The van der Waals surface area contributed by atoms with Crippen LogP contribution in [0.4, 0.5) is 0 Å². The first-order valence-electron chi connectivity index (χ1n) is 3.83. The van der Waals surface area contributed by atoms with Crippen LogP contribution in [0.5, 0.6) is 0 Å². The van der Waals surface area contributed by atoms with Gasteiger partial charge in [-0.3, -0.25) is 10.7 Å². The molecule has 1 unspecified atom stereocenters. The highest BCUT2D eigenvalue weighted by atomic mass is 16.5. The quantitative estimate of drug-likeness (QED) is 0.442. The van der Waals surface area contributed by atoms with Crippen LogP contribution in [0.2, 0.25) is 0 Å². The Kier molecular flexibility index (Phi) is 2.93. The van der Waals surface area contributed by atoms with E-state index in [0.29, 0.717) is 12.2 Å². The molecule has 0 radical (unpaired) electrons. The first-order valence-corrected chi connectivity index (χ1v) is 3.83. The van der Waals surface area contributed by atoms with Gasteiger partial charge in [0, 0.05) is 0 Å².